The number of piperazine rings is 1. The van der Waals surface area contributed by atoms with Crippen LogP contribution in [0.5, 0.6) is 0 Å². The highest BCUT2D eigenvalue weighted by molar-refractivity contribution is 6.30. The number of carbonyl (C=O) groups is 2. The van der Waals surface area contributed by atoms with Gasteiger partial charge >= 0.3 is 0 Å². The summed E-state index contributed by atoms with van der Waals surface area (Å²) in [5.41, 5.74) is 4.73. The number of likely N-dealkylation sites (N-methyl/N-ethyl adjacent to an activating group) is 1. The summed E-state index contributed by atoms with van der Waals surface area (Å²) in [5.74, 6) is -0.140. The Morgan fingerprint density at radius 1 is 0.932 bits per heavy atom. The number of amides is 2. The van der Waals surface area contributed by atoms with E-state index >= 15 is 0 Å². The van der Waals surface area contributed by atoms with Crippen molar-refractivity contribution in [3.05, 3.63) is 106 Å². The van der Waals surface area contributed by atoms with Crippen LogP contribution in [0.1, 0.15) is 54.6 Å². The molecule has 2 unspecified atom stereocenters. The predicted octanol–water partition coefficient (Wildman–Crippen LogP) is 4.87. The number of nitrogens with one attached hydrogen (secondary N) is 2. The zero-order chi connectivity index (χ0) is 30.9. The van der Waals surface area contributed by atoms with E-state index in [-0.39, 0.29) is 23.9 Å². The highest BCUT2D eigenvalue weighted by Gasteiger charge is 2.32. The van der Waals surface area contributed by atoms with E-state index in [9.17, 15) is 9.59 Å². The lowest BCUT2D eigenvalue weighted by Crippen LogP contribution is -2.56. The molecule has 2 amide bonds. The van der Waals surface area contributed by atoms with Crippen LogP contribution in [0.4, 0.5) is 0 Å². The number of benzene rings is 3. The second kappa shape index (κ2) is 15.7. The Morgan fingerprint density at radius 3 is 2.32 bits per heavy atom. The van der Waals surface area contributed by atoms with Crippen LogP contribution in [0.25, 0.3) is 0 Å². The van der Waals surface area contributed by atoms with E-state index in [2.05, 4.69) is 76.7 Å². The van der Waals surface area contributed by atoms with Crippen molar-refractivity contribution >= 4 is 23.4 Å². The first-order valence-corrected chi connectivity index (χ1v) is 16.5. The van der Waals surface area contributed by atoms with Gasteiger partial charge in [-0.15, -0.1) is 0 Å². The maximum absolute atomic E-state index is 14.1. The Balaban J connectivity index is 1.27. The minimum atomic E-state index is -0.644. The van der Waals surface area contributed by atoms with Gasteiger partial charge in [0.1, 0.15) is 6.04 Å². The second-order valence-electron chi connectivity index (χ2n) is 11.9. The molecular formula is C36H46ClN5O2. The molecule has 2 aliphatic rings. The molecular weight excluding hydrogens is 570 g/mol. The summed E-state index contributed by atoms with van der Waals surface area (Å²) in [6, 6.07) is 26.1. The van der Waals surface area contributed by atoms with Crippen LogP contribution in [0.3, 0.4) is 0 Å². The minimum absolute atomic E-state index is 0.0232. The summed E-state index contributed by atoms with van der Waals surface area (Å²) < 4.78 is 0. The summed E-state index contributed by atoms with van der Waals surface area (Å²) in [7, 11) is 0. The van der Waals surface area contributed by atoms with Crippen LogP contribution in [-0.2, 0) is 22.4 Å². The van der Waals surface area contributed by atoms with Crippen molar-refractivity contribution in [2.24, 2.45) is 0 Å². The molecule has 8 heteroatoms. The number of halogens is 1. The Bertz CT molecular complexity index is 1360. The van der Waals surface area contributed by atoms with Crippen molar-refractivity contribution in [1.82, 2.24) is 25.3 Å². The van der Waals surface area contributed by atoms with Crippen molar-refractivity contribution < 1.29 is 9.59 Å². The lowest BCUT2D eigenvalue weighted by atomic mass is 9.92. The normalized spacial score (nSPS) is 18.5. The maximum atomic E-state index is 14.1. The second-order valence-corrected chi connectivity index (χ2v) is 12.3. The molecule has 0 radical (unpaired) electrons. The van der Waals surface area contributed by atoms with Crippen LogP contribution in [0.15, 0.2) is 78.9 Å². The van der Waals surface area contributed by atoms with E-state index in [4.69, 9.17) is 11.6 Å². The molecule has 7 nitrogen and oxygen atoms in total. The van der Waals surface area contributed by atoms with E-state index in [1.54, 1.807) is 0 Å². The monoisotopic (exact) mass is 615 g/mol. The average molecular weight is 616 g/mol. The molecule has 0 saturated carbocycles. The van der Waals surface area contributed by atoms with Crippen molar-refractivity contribution in [2.45, 2.75) is 51.2 Å². The fourth-order valence-electron chi connectivity index (χ4n) is 6.58. The number of fused-ring (bicyclic) bond motifs is 1. The predicted molar refractivity (Wildman–Crippen MR) is 178 cm³/mol. The molecule has 1 saturated heterocycles. The molecule has 1 fully saturated rings. The summed E-state index contributed by atoms with van der Waals surface area (Å²) in [6.45, 7) is 11.1. The Kier molecular flexibility index (Phi) is 11.5. The third-order valence-electron chi connectivity index (χ3n) is 9.17. The fourth-order valence-corrected chi connectivity index (χ4v) is 6.70. The third-order valence-corrected chi connectivity index (χ3v) is 9.42. The fraction of sp³-hybridized carbons (Fsp3) is 0.444. The van der Waals surface area contributed by atoms with Crippen molar-refractivity contribution in [1.29, 1.82) is 0 Å². The molecule has 2 N–H and O–H groups in total. The van der Waals surface area contributed by atoms with Gasteiger partial charge in [0.05, 0.1) is 0 Å². The van der Waals surface area contributed by atoms with Crippen molar-refractivity contribution in [3.8, 4) is 0 Å². The first-order chi connectivity index (χ1) is 21.4. The number of hydrogen-bond donors (Lipinski definition) is 2. The van der Waals surface area contributed by atoms with E-state index < -0.39 is 6.04 Å². The lowest BCUT2D eigenvalue weighted by molar-refractivity contribution is -0.138. The Labute approximate surface area is 267 Å². The third kappa shape index (κ3) is 8.27. The van der Waals surface area contributed by atoms with Gasteiger partial charge in [0, 0.05) is 62.7 Å². The van der Waals surface area contributed by atoms with Gasteiger partial charge in [-0.3, -0.25) is 14.5 Å². The summed E-state index contributed by atoms with van der Waals surface area (Å²) in [5, 5.41) is 7.28. The number of carbonyl (C=O) groups excluding carboxylic acids is 2. The molecule has 234 valence electrons. The summed E-state index contributed by atoms with van der Waals surface area (Å²) in [4.78, 5) is 34.4. The maximum Gasteiger partial charge on any atom is 0.245 e. The van der Waals surface area contributed by atoms with Gasteiger partial charge in [-0.1, -0.05) is 92.2 Å². The summed E-state index contributed by atoms with van der Waals surface area (Å²) in [6.07, 6.45) is 1.67. The lowest BCUT2D eigenvalue weighted by Gasteiger charge is -2.42. The smallest absolute Gasteiger partial charge is 0.245 e. The topological polar surface area (TPSA) is 67.9 Å². The van der Waals surface area contributed by atoms with Crippen LogP contribution >= 0.6 is 11.6 Å². The molecule has 3 aromatic carbocycles. The van der Waals surface area contributed by atoms with E-state index in [0.717, 1.165) is 51.3 Å². The minimum Gasteiger partial charge on any atom is -0.344 e. The van der Waals surface area contributed by atoms with Crippen molar-refractivity contribution in [2.75, 3.05) is 52.4 Å². The van der Waals surface area contributed by atoms with Crippen molar-refractivity contribution in [3.63, 3.8) is 0 Å². The van der Waals surface area contributed by atoms with E-state index in [0.29, 0.717) is 31.0 Å². The molecule has 3 atom stereocenters. The molecule has 2 aliphatic heterocycles. The van der Waals surface area contributed by atoms with Gasteiger partial charge < -0.3 is 20.4 Å². The first-order valence-electron chi connectivity index (χ1n) is 16.1. The van der Waals surface area contributed by atoms with Gasteiger partial charge in [0.15, 0.2) is 0 Å². The highest BCUT2D eigenvalue weighted by Crippen LogP contribution is 2.26. The Morgan fingerprint density at radius 2 is 1.61 bits per heavy atom. The van der Waals surface area contributed by atoms with Crippen LogP contribution < -0.4 is 10.6 Å². The number of nitrogens with zero attached hydrogens (tertiary/aromatic N) is 3. The molecule has 3 aromatic rings. The SMILES string of the molecule is CCN(CC)CC(c1ccccc1)N1CCN(C(=O)[C@@H](Cc2ccc(Cl)cc2)NC(=O)CC2NCCc3ccccc32)CC1. The zero-order valence-electron chi connectivity index (χ0n) is 26.1. The standard InChI is InChI=1S/C36H46ClN5O2/c1-3-40(4-2)26-34(29-11-6-5-7-12-29)41-20-22-42(23-21-41)36(44)33(24-27-14-16-30(37)17-15-27)39-35(43)25-32-31-13-9-8-10-28(31)18-19-38-32/h5-17,32-34,38H,3-4,18-26H2,1-2H3,(H,39,43)/t32?,33-,34?/m1/s1. The molecule has 0 bridgehead atoms. The van der Waals surface area contributed by atoms with Gasteiger partial charge in [0.25, 0.3) is 0 Å². The molecule has 0 aliphatic carbocycles. The van der Waals surface area contributed by atoms with E-state index in [1.165, 1.54) is 16.7 Å². The van der Waals surface area contributed by atoms with Gasteiger partial charge in [-0.2, -0.15) is 0 Å². The highest BCUT2D eigenvalue weighted by atomic mass is 35.5. The van der Waals surface area contributed by atoms with Gasteiger partial charge in [-0.25, -0.2) is 0 Å². The summed E-state index contributed by atoms with van der Waals surface area (Å²) >= 11 is 6.14. The average Bonchev–Trinajstić information content (AvgIpc) is 3.06. The number of rotatable bonds is 12. The molecule has 2 heterocycles. The zero-order valence-corrected chi connectivity index (χ0v) is 26.8. The molecule has 5 rings (SSSR count). The Hall–Kier alpha value is -3.23. The first kappa shape index (κ1) is 32.2. The van der Waals surface area contributed by atoms with Crippen LogP contribution in [-0.4, -0.2) is 84.9 Å². The van der Waals surface area contributed by atoms with Crippen LogP contribution in [0.2, 0.25) is 5.02 Å². The van der Waals surface area contributed by atoms with Gasteiger partial charge in [0.2, 0.25) is 11.8 Å². The van der Waals surface area contributed by atoms with E-state index in [1.807, 2.05) is 41.3 Å². The van der Waals surface area contributed by atoms with Crippen LogP contribution in [0, 0.1) is 0 Å². The molecule has 0 spiro atoms. The quantitative estimate of drug-likeness (QED) is 0.304. The molecule has 0 aromatic heterocycles. The number of hydrogen-bond acceptors (Lipinski definition) is 5. The largest absolute Gasteiger partial charge is 0.344 e. The molecule has 44 heavy (non-hydrogen) atoms. The van der Waals surface area contributed by atoms with Gasteiger partial charge in [-0.05, 0) is 60.4 Å².